The van der Waals surface area contributed by atoms with Crippen molar-refractivity contribution in [2.45, 2.75) is 25.8 Å². The first-order valence-corrected chi connectivity index (χ1v) is 6.75. The normalized spacial score (nSPS) is 15.5. The van der Waals surface area contributed by atoms with Crippen LogP contribution in [0.25, 0.3) is 0 Å². The van der Waals surface area contributed by atoms with Gasteiger partial charge in [0.1, 0.15) is 5.82 Å². The SMILES string of the molecule is COCCNCC(=O)Nc1ccnn1C(C)C1CC1.Cl. The topological polar surface area (TPSA) is 68.2 Å². The third-order valence-corrected chi connectivity index (χ3v) is 3.40. The van der Waals surface area contributed by atoms with Crippen LogP contribution in [0, 0.1) is 5.92 Å². The van der Waals surface area contributed by atoms with Crippen molar-refractivity contribution in [2.75, 3.05) is 32.1 Å². The Labute approximate surface area is 125 Å². The summed E-state index contributed by atoms with van der Waals surface area (Å²) < 4.78 is 6.81. The molecule has 1 aromatic heterocycles. The highest BCUT2D eigenvalue weighted by Gasteiger charge is 2.30. The molecule has 1 fully saturated rings. The van der Waals surface area contributed by atoms with Gasteiger partial charge in [0.15, 0.2) is 0 Å². The molecule has 20 heavy (non-hydrogen) atoms. The summed E-state index contributed by atoms with van der Waals surface area (Å²) in [5.74, 6) is 1.43. The largest absolute Gasteiger partial charge is 0.383 e. The number of nitrogens with zero attached hydrogens (tertiary/aromatic N) is 2. The monoisotopic (exact) mass is 302 g/mol. The van der Waals surface area contributed by atoms with Gasteiger partial charge in [-0.05, 0) is 25.7 Å². The van der Waals surface area contributed by atoms with E-state index in [0.29, 0.717) is 25.1 Å². The van der Waals surface area contributed by atoms with Gasteiger partial charge in [-0.2, -0.15) is 5.10 Å². The van der Waals surface area contributed by atoms with Crippen molar-refractivity contribution in [3.05, 3.63) is 12.3 Å². The first kappa shape index (κ1) is 16.9. The summed E-state index contributed by atoms with van der Waals surface area (Å²) in [6.45, 7) is 3.70. The Morgan fingerprint density at radius 2 is 2.35 bits per heavy atom. The van der Waals surface area contributed by atoms with Gasteiger partial charge in [0.25, 0.3) is 0 Å². The van der Waals surface area contributed by atoms with E-state index in [9.17, 15) is 4.79 Å². The zero-order valence-electron chi connectivity index (χ0n) is 12.0. The summed E-state index contributed by atoms with van der Waals surface area (Å²) in [6.07, 6.45) is 4.24. The molecule has 1 unspecified atom stereocenters. The predicted molar refractivity (Wildman–Crippen MR) is 80.3 cm³/mol. The Morgan fingerprint density at radius 1 is 1.60 bits per heavy atom. The van der Waals surface area contributed by atoms with Gasteiger partial charge in [-0.15, -0.1) is 12.4 Å². The number of methoxy groups -OCH3 is 1. The molecular weight excluding hydrogens is 280 g/mol. The Bertz CT molecular complexity index is 420. The average molecular weight is 303 g/mol. The van der Waals surface area contributed by atoms with Crippen molar-refractivity contribution in [1.82, 2.24) is 15.1 Å². The number of hydrogen-bond acceptors (Lipinski definition) is 4. The highest BCUT2D eigenvalue weighted by molar-refractivity contribution is 5.91. The van der Waals surface area contributed by atoms with Crippen LogP contribution >= 0.6 is 12.4 Å². The first-order chi connectivity index (χ1) is 9.22. The third-order valence-electron chi connectivity index (χ3n) is 3.40. The zero-order chi connectivity index (χ0) is 13.7. The lowest BCUT2D eigenvalue weighted by molar-refractivity contribution is -0.115. The van der Waals surface area contributed by atoms with Gasteiger partial charge in [0.05, 0.1) is 25.4 Å². The van der Waals surface area contributed by atoms with Crippen LogP contribution in [0.5, 0.6) is 0 Å². The van der Waals surface area contributed by atoms with Crippen LogP contribution in [0.3, 0.4) is 0 Å². The van der Waals surface area contributed by atoms with Crippen molar-refractivity contribution in [1.29, 1.82) is 0 Å². The van der Waals surface area contributed by atoms with E-state index in [1.165, 1.54) is 12.8 Å². The minimum absolute atomic E-state index is 0. The molecule has 1 atom stereocenters. The minimum Gasteiger partial charge on any atom is -0.383 e. The number of halogens is 1. The molecule has 1 saturated carbocycles. The van der Waals surface area contributed by atoms with E-state index >= 15 is 0 Å². The molecule has 0 bridgehead atoms. The number of carbonyl (C=O) groups is 1. The second-order valence-corrected chi connectivity index (χ2v) is 4.96. The summed E-state index contributed by atoms with van der Waals surface area (Å²) in [5.41, 5.74) is 0. The Kier molecular flexibility index (Phi) is 6.98. The smallest absolute Gasteiger partial charge is 0.239 e. The number of carbonyl (C=O) groups excluding carboxylic acids is 1. The fraction of sp³-hybridized carbons (Fsp3) is 0.692. The minimum atomic E-state index is -0.0548. The maximum absolute atomic E-state index is 11.8. The first-order valence-electron chi connectivity index (χ1n) is 6.75. The summed E-state index contributed by atoms with van der Waals surface area (Å²) >= 11 is 0. The number of anilines is 1. The molecule has 2 N–H and O–H groups in total. The van der Waals surface area contributed by atoms with Crippen LogP contribution < -0.4 is 10.6 Å². The van der Waals surface area contributed by atoms with E-state index in [1.54, 1.807) is 13.3 Å². The van der Waals surface area contributed by atoms with E-state index < -0.39 is 0 Å². The molecular formula is C13H23ClN4O2. The van der Waals surface area contributed by atoms with Crippen LogP contribution in [-0.4, -0.2) is 42.5 Å². The predicted octanol–water partition coefficient (Wildman–Crippen LogP) is 1.45. The van der Waals surface area contributed by atoms with E-state index in [-0.39, 0.29) is 24.9 Å². The number of rotatable bonds is 8. The van der Waals surface area contributed by atoms with Gasteiger partial charge in [-0.1, -0.05) is 0 Å². The second-order valence-electron chi connectivity index (χ2n) is 4.96. The van der Waals surface area contributed by atoms with Crippen LogP contribution in [-0.2, 0) is 9.53 Å². The molecule has 0 aromatic carbocycles. The molecule has 6 nitrogen and oxygen atoms in total. The van der Waals surface area contributed by atoms with Gasteiger partial charge >= 0.3 is 0 Å². The molecule has 1 heterocycles. The van der Waals surface area contributed by atoms with Crippen molar-refractivity contribution in [2.24, 2.45) is 5.92 Å². The molecule has 0 saturated heterocycles. The average Bonchev–Trinajstić information content (AvgIpc) is 3.15. The molecule has 1 aromatic rings. The van der Waals surface area contributed by atoms with Gasteiger partial charge in [0, 0.05) is 19.7 Å². The van der Waals surface area contributed by atoms with Gasteiger partial charge in [0.2, 0.25) is 5.91 Å². The maximum atomic E-state index is 11.8. The Morgan fingerprint density at radius 3 is 3.00 bits per heavy atom. The van der Waals surface area contributed by atoms with E-state index in [2.05, 4.69) is 22.7 Å². The van der Waals surface area contributed by atoms with Crippen LogP contribution in [0.2, 0.25) is 0 Å². The quantitative estimate of drug-likeness (QED) is 0.713. The molecule has 1 aliphatic carbocycles. The molecule has 1 aliphatic rings. The lowest BCUT2D eigenvalue weighted by Crippen LogP contribution is -2.31. The van der Waals surface area contributed by atoms with E-state index in [1.807, 2.05) is 10.7 Å². The van der Waals surface area contributed by atoms with Gasteiger partial charge in [-0.3, -0.25) is 4.79 Å². The van der Waals surface area contributed by atoms with Crippen LogP contribution in [0.15, 0.2) is 12.3 Å². The highest BCUT2D eigenvalue weighted by Crippen LogP contribution is 2.40. The number of aromatic nitrogens is 2. The molecule has 1 amide bonds. The highest BCUT2D eigenvalue weighted by atomic mass is 35.5. The number of hydrogen-bond donors (Lipinski definition) is 2. The van der Waals surface area contributed by atoms with Gasteiger partial charge in [-0.25, -0.2) is 4.68 Å². The lowest BCUT2D eigenvalue weighted by atomic mass is 10.2. The lowest BCUT2D eigenvalue weighted by Gasteiger charge is -2.15. The summed E-state index contributed by atoms with van der Waals surface area (Å²) in [5, 5.41) is 10.2. The fourth-order valence-electron chi connectivity index (χ4n) is 2.08. The standard InChI is InChI=1S/C13H22N4O2.ClH/c1-10(11-3-4-11)17-12(5-6-15-17)16-13(18)9-14-7-8-19-2;/h5-6,10-11,14H,3-4,7-9H2,1-2H3,(H,16,18);1H. The van der Waals surface area contributed by atoms with E-state index in [0.717, 1.165) is 5.82 Å². The van der Waals surface area contributed by atoms with Gasteiger partial charge < -0.3 is 15.4 Å². The molecule has 0 spiro atoms. The summed E-state index contributed by atoms with van der Waals surface area (Å²) in [7, 11) is 1.64. The summed E-state index contributed by atoms with van der Waals surface area (Å²) in [4.78, 5) is 11.8. The molecule has 0 radical (unpaired) electrons. The molecule has 7 heteroatoms. The summed E-state index contributed by atoms with van der Waals surface area (Å²) in [6, 6.07) is 2.19. The number of nitrogens with one attached hydrogen (secondary N) is 2. The van der Waals surface area contributed by atoms with Crippen molar-refractivity contribution in [3.63, 3.8) is 0 Å². The number of amides is 1. The van der Waals surface area contributed by atoms with Crippen molar-refractivity contribution < 1.29 is 9.53 Å². The van der Waals surface area contributed by atoms with Crippen molar-refractivity contribution in [3.8, 4) is 0 Å². The maximum Gasteiger partial charge on any atom is 0.239 e. The Balaban J connectivity index is 0.00000200. The fourth-order valence-corrected chi connectivity index (χ4v) is 2.08. The third kappa shape index (κ3) is 4.77. The molecule has 2 rings (SSSR count). The number of ether oxygens (including phenoxy) is 1. The van der Waals surface area contributed by atoms with Crippen LogP contribution in [0.4, 0.5) is 5.82 Å². The molecule has 0 aliphatic heterocycles. The zero-order valence-corrected chi connectivity index (χ0v) is 12.8. The Hall–Kier alpha value is -1.11. The van der Waals surface area contributed by atoms with E-state index in [4.69, 9.17) is 4.74 Å². The molecule has 114 valence electrons. The van der Waals surface area contributed by atoms with Crippen molar-refractivity contribution >= 4 is 24.1 Å². The van der Waals surface area contributed by atoms with Crippen LogP contribution in [0.1, 0.15) is 25.8 Å². The second kappa shape index (κ2) is 8.24.